The van der Waals surface area contributed by atoms with Crippen molar-refractivity contribution in [1.82, 2.24) is 0 Å². The molecule has 2 N–H and O–H groups in total. The number of benzene rings is 1. The summed E-state index contributed by atoms with van der Waals surface area (Å²) in [5.74, 6) is 5.16. The molecular formula is C10H13NO3S. The first-order valence-electron chi connectivity index (χ1n) is 4.80. The van der Waals surface area contributed by atoms with Gasteiger partial charge in [-0.1, -0.05) is 12.1 Å². The zero-order valence-electron chi connectivity index (χ0n) is 8.27. The van der Waals surface area contributed by atoms with Crippen LogP contribution < -0.4 is 5.90 Å². The number of hydrogen-bond acceptors (Lipinski definition) is 4. The van der Waals surface area contributed by atoms with E-state index < -0.39 is 9.84 Å². The van der Waals surface area contributed by atoms with Crippen LogP contribution in [0.2, 0.25) is 0 Å². The molecule has 1 aliphatic heterocycles. The Morgan fingerprint density at radius 2 is 2.20 bits per heavy atom. The summed E-state index contributed by atoms with van der Waals surface area (Å²) in [4.78, 5) is 4.95. The zero-order valence-corrected chi connectivity index (χ0v) is 9.09. The minimum Gasteiger partial charge on any atom is -0.304 e. The van der Waals surface area contributed by atoms with Gasteiger partial charge in [0, 0.05) is 0 Å². The fraction of sp³-hybridized carbons (Fsp3) is 0.400. The van der Waals surface area contributed by atoms with Gasteiger partial charge in [0.1, 0.15) is 0 Å². The van der Waals surface area contributed by atoms with Crippen molar-refractivity contribution < 1.29 is 13.3 Å². The topological polar surface area (TPSA) is 69.4 Å². The molecule has 0 unspecified atom stereocenters. The molecule has 0 fully saturated rings. The molecule has 82 valence electrons. The second-order valence-corrected chi connectivity index (χ2v) is 5.71. The van der Waals surface area contributed by atoms with Crippen molar-refractivity contribution in [3.63, 3.8) is 0 Å². The zero-order chi connectivity index (χ0) is 10.9. The normalized spacial score (nSPS) is 17.7. The number of sulfone groups is 1. The first-order chi connectivity index (χ1) is 7.13. The monoisotopic (exact) mass is 227 g/mol. The Morgan fingerprint density at radius 1 is 1.40 bits per heavy atom. The average molecular weight is 227 g/mol. The van der Waals surface area contributed by atoms with E-state index in [1.54, 1.807) is 6.07 Å². The number of rotatable bonds is 3. The van der Waals surface area contributed by atoms with Crippen molar-refractivity contribution in [1.29, 1.82) is 0 Å². The molecule has 15 heavy (non-hydrogen) atoms. The lowest BCUT2D eigenvalue weighted by Crippen LogP contribution is -2.04. The predicted molar refractivity (Wildman–Crippen MR) is 56.0 cm³/mol. The SMILES string of the molecule is NOCCc1ccc2c(c1)S(=O)(=O)CC2. The van der Waals surface area contributed by atoms with E-state index in [1.165, 1.54) is 0 Å². The Bertz CT molecular complexity index is 468. The van der Waals surface area contributed by atoms with Crippen LogP contribution >= 0.6 is 0 Å². The lowest BCUT2D eigenvalue weighted by Gasteiger charge is -2.03. The van der Waals surface area contributed by atoms with Gasteiger partial charge in [-0.15, -0.1) is 0 Å². The molecule has 0 bridgehead atoms. The largest absolute Gasteiger partial charge is 0.304 e. The second kappa shape index (κ2) is 3.92. The molecule has 1 aromatic rings. The van der Waals surface area contributed by atoms with Crippen molar-refractivity contribution in [2.45, 2.75) is 17.7 Å². The maximum absolute atomic E-state index is 11.6. The molecule has 2 rings (SSSR count). The van der Waals surface area contributed by atoms with Crippen LogP contribution in [0.3, 0.4) is 0 Å². The lowest BCUT2D eigenvalue weighted by molar-refractivity contribution is 0.141. The van der Waals surface area contributed by atoms with Gasteiger partial charge in [-0.2, -0.15) is 0 Å². The van der Waals surface area contributed by atoms with E-state index in [9.17, 15) is 8.42 Å². The Morgan fingerprint density at radius 3 is 2.93 bits per heavy atom. The van der Waals surface area contributed by atoms with Crippen molar-refractivity contribution >= 4 is 9.84 Å². The van der Waals surface area contributed by atoms with Gasteiger partial charge in [-0.05, 0) is 30.0 Å². The molecular weight excluding hydrogens is 214 g/mol. The van der Waals surface area contributed by atoms with Crippen LogP contribution in [0.25, 0.3) is 0 Å². The molecule has 0 aromatic heterocycles. The molecule has 0 amide bonds. The van der Waals surface area contributed by atoms with Gasteiger partial charge >= 0.3 is 0 Å². The van der Waals surface area contributed by atoms with Gasteiger partial charge in [-0.3, -0.25) is 0 Å². The van der Waals surface area contributed by atoms with Crippen LogP contribution in [-0.2, 0) is 27.5 Å². The van der Waals surface area contributed by atoms with E-state index in [-0.39, 0.29) is 5.75 Å². The molecule has 0 radical (unpaired) electrons. The minimum absolute atomic E-state index is 0.235. The molecule has 0 atom stereocenters. The standard InChI is InChI=1S/C10H13NO3S/c11-14-5-3-8-1-2-9-4-6-15(12,13)10(9)7-8/h1-2,7H,3-6,11H2. The summed E-state index contributed by atoms with van der Waals surface area (Å²) in [6.07, 6.45) is 1.27. The van der Waals surface area contributed by atoms with Gasteiger partial charge < -0.3 is 4.84 Å². The van der Waals surface area contributed by atoms with Crippen LogP contribution in [0.5, 0.6) is 0 Å². The first-order valence-corrected chi connectivity index (χ1v) is 6.45. The third-order valence-electron chi connectivity index (χ3n) is 2.62. The summed E-state index contributed by atoms with van der Waals surface area (Å²) in [7, 11) is -3.03. The maximum Gasteiger partial charge on any atom is 0.178 e. The summed E-state index contributed by atoms with van der Waals surface area (Å²) >= 11 is 0. The Kier molecular flexibility index (Phi) is 2.77. The number of nitrogens with two attached hydrogens (primary N) is 1. The van der Waals surface area contributed by atoms with Crippen LogP contribution in [0, 0.1) is 0 Å². The maximum atomic E-state index is 11.6. The number of aryl methyl sites for hydroxylation is 1. The van der Waals surface area contributed by atoms with Gasteiger partial charge in [0.2, 0.25) is 0 Å². The quantitative estimate of drug-likeness (QED) is 0.761. The van der Waals surface area contributed by atoms with Crippen LogP contribution in [-0.4, -0.2) is 20.8 Å². The lowest BCUT2D eigenvalue weighted by atomic mass is 10.1. The minimum atomic E-state index is -3.03. The predicted octanol–water partition coefficient (Wildman–Crippen LogP) is 0.449. The van der Waals surface area contributed by atoms with Gasteiger partial charge in [-0.25, -0.2) is 14.3 Å². The van der Waals surface area contributed by atoms with E-state index in [1.807, 2.05) is 12.1 Å². The van der Waals surface area contributed by atoms with E-state index in [2.05, 4.69) is 4.84 Å². The molecule has 0 spiro atoms. The van der Waals surface area contributed by atoms with E-state index in [0.29, 0.717) is 24.3 Å². The van der Waals surface area contributed by atoms with Crippen molar-refractivity contribution in [3.05, 3.63) is 29.3 Å². The third kappa shape index (κ3) is 2.04. The molecule has 0 saturated carbocycles. The van der Waals surface area contributed by atoms with Crippen LogP contribution in [0.1, 0.15) is 11.1 Å². The smallest absolute Gasteiger partial charge is 0.178 e. The second-order valence-electron chi connectivity index (χ2n) is 3.63. The molecule has 4 nitrogen and oxygen atoms in total. The Balaban J connectivity index is 2.33. The van der Waals surface area contributed by atoms with Crippen LogP contribution in [0.15, 0.2) is 23.1 Å². The number of hydrogen-bond donors (Lipinski definition) is 1. The van der Waals surface area contributed by atoms with E-state index >= 15 is 0 Å². The molecule has 1 aliphatic rings. The Labute approximate surface area is 88.9 Å². The molecule has 1 heterocycles. The van der Waals surface area contributed by atoms with E-state index in [0.717, 1.165) is 11.1 Å². The molecule has 5 heteroatoms. The Hall–Kier alpha value is -0.910. The fourth-order valence-corrected chi connectivity index (χ4v) is 3.39. The summed E-state index contributed by atoms with van der Waals surface area (Å²) in [6.45, 7) is 0.402. The van der Waals surface area contributed by atoms with Gasteiger partial charge in [0.15, 0.2) is 9.84 Å². The summed E-state index contributed by atoms with van der Waals surface area (Å²) in [6, 6.07) is 5.54. The highest BCUT2D eigenvalue weighted by Gasteiger charge is 2.25. The number of fused-ring (bicyclic) bond motifs is 1. The highest BCUT2D eigenvalue weighted by atomic mass is 32.2. The highest BCUT2D eigenvalue weighted by Crippen LogP contribution is 2.26. The summed E-state index contributed by atoms with van der Waals surface area (Å²) in [5, 5.41) is 0. The highest BCUT2D eigenvalue weighted by molar-refractivity contribution is 7.91. The summed E-state index contributed by atoms with van der Waals surface area (Å²) < 4.78 is 23.2. The van der Waals surface area contributed by atoms with Gasteiger partial charge in [0.05, 0.1) is 17.3 Å². The van der Waals surface area contributed by atoms with Crippen molar-refractivity contribution in [2.24, 2.45) is 5.90 Å². The molecule has 0 saturated heterocycles. The third-order valence-corrected chi connectivity index (χ3v) is 4.41. The fourth-order valence-electron chi connectivity index (χ4n) is 1.78. The van der Waals surface area contributed by atoms with Crippen LogP contribution in [0.4, 0.5) is 0 Å². The molecule has 0 aliphatic carbocycles. The summed E-state index contributed by atoms with van der Waals surface area (Å²) in [5.41, 5.74) is 1.87. The average Bonchev–Trinajstić information content (AvgIpc) is 2.52. The first kappa shape index (κ1) is 10.6. The molecule has 1 aromatic carbocycles. The van der Waals surface area contributed by atoms with Crippen molar-refractivity contribution in [3.8, 4) is 0 Å². The van der Waals surface area contributed by atoms with Crippen molar-refractivity contribution in [2.75, 3.05) is 12.4 Å². The van der Waals surface area contributed by atoms with E-state index in [4.69, 9.17) is 5.90 Å². The van der Waals surface area contributed by atoms with Gasteiger partial charge in [0.25, 0.3) is 0 Å².